The normalized spacial score (nSPS) is 15.7. The number of fused-ring (bicyclic) bond motifs is 7. The van der Waals surface area contributed by atoms with Gasteiger partial charge in [-0.1, -0.05) is 11.3 Å². The second-order valence-corrected chi connectivity index (χ2v) is 15.6. The fourth-order valence-electron chi connectivity index (χ4n) is 8.65. The fraction of sp³-hybridized carbons (Fsp3) is 0.262. The number of azo groups is 1. The number of hydrogen-bond donors (Lipinski definition) is 4. The number of amides is 1. The molecule has 10 rings (SSSR count). The number of benzene rings is 4. The first-order chi connectivity index (χ1) is 27.8. The van der Waals surface area contributed by atoms with Crippen molar-refractivity contribution >= 4 is 83.1 Å². The number of anilines is 3. The van der Waals surface area contributed by atoms with Gasteiger partial charge in [-0.3, -0.25) is 4.79 Å². The van der Waals surface area contributed by atoms with Gasteiger partial charge in [0.1, 0.15) is 22.9 Å². The summed E-state index contributed by atoms with van der Waals surface area (Å²) in [6.45, 7) is 3.06. The first kappa shape index (κ1) is 35.0. The van der Waals surface area contributed by atoms with Crippen molar-refractivity contribution in [3.05, 3.63) is 94.8 Å². The van der Waals surface area contributed by atoms with Crippen LogP contribution in [-0.4, -0.2) is 77.4 Å². The summed E-state index contributed by atoms with van der Waals surface area (Å²) in [6, 6.07) is 20.6. The minimum absolute atomic E-state index is 0.104. The van der Waals surface area contributed by atoms with Gasteiger partial charge in [0, 0.05) is 77.1 Å². The molecule has 0 aliphatic carbocycles. The molecule has 3 aliphatic rings. The lowest BCUT2D eigenvalue weighted by Crippen LogP contribution is -2.28. The van der Waals surface area contributed by atoms with Crippen LogP contribution >= 0.6 is 11.3 Å². The van der Waals surface area contributed by atoms with Gasteiger partial charge in [0.05, 0.1) is 35.8 Å². The molecule has 288 valence electrons. The molecule has 14 nitrogen and oxygen atoms in total. The number of carboxylic acids is 1. The molecule has 4 N–H and O–H groups in total. The number of carboxylic acid groups (broad SMARTS) is 1. The topological polar surface area (TPSA) is 172 Å². The van der Waals surface area contributed by atoms with Gasteiger partial charge in [-0.2, -0.15) is 0 Å². The van der Waals surface area contributed by atoms with Crippen LogP contribution < -0.4 is 24.2 Å². The highest BCUT2D eigenvalue weighted by molar-refractivity contribution is 7.21. The van der Waals surface area contributed by atoms with Crippen molar-refractivity contribution in [3.63, 3.8) is 0 Å². The van der Waals surface area contributed by atoms with Gasteiger partial charge in [-0.25, -0.2) is 9.78 Å². The zero-order valence-corrected chi connectivity index (χ0v) is 32.0. The van der Waals surface area contributed by atoms with E-state index < -0.39 is 12.2 Å². The number of nitrogens with one attached hydrogen (secondary N) is 2. The van der Waals surface area contributed by atoms with Crippen LogP contribution in [0.3, 0.4) is 0 Å². The summed E-state index contributed by atoms with van der Waals surface area (Å²) < 4.78 is 12.2. The van der Waals surface area contributed by atoms with Crippen molar-refractivity contribution in [1.82, 2.24) is 15.0 Å². The van der Waals surface area contributed by atoms with Crippen LogP contribution in [0.25, 0.3) is 32.0 Å². The number of aliphatic hydroxyl groups excluding tert-OH is 1. The van der Waals surface area contributed by atoms with Crippen molar-refractivity contribution in [2.45, 2.75) is 31.9 Å². The third-order valence-electron chi connectivity index (χ3n) is 11.4. The maximum absolute atomic E-state index is 14.0. The molecule has 3 aromatic heterocycles. The molecule has 1 fully saturated rings. The summed E-state index contributed by atoms with van der Waals surface area (Å²) in [4.78, 5) is 42.7. The number of hydrogen-bond acceptors (Lipinski definition) is 11. The molecule has 1 unspecified atom stereocenters. The molecule has 1 atom stereocenters. The Kier molecular flexibility index (Phi) is 8.37. The van der Waals surface area contributed by atoms with Crippen LogP contribution in [0.2, 0.25) is 0 Å². The Labute approximate surface area is 330 Å². The molecule has 1 amide bonds. The Morgan fingerprint density at radius 1 is 0.807 bits per heavy atom. The fourth-order valence-corrected chi connectivity index (χ4v) is 9.47. The summed E-state index contributed by atoms with van der Waals surface area (Å²) in [5, 5.41) is 32.3. The minimum atomic E-state index is -1.01. The van der Waals surface area contributed by atoms with Crippen molar-refractivity contribution in [2.24, 2.45) is 10.2 Å². The third-order valence-corrected chi connectivity index (χ3v) is 12.3. The summed E-state index contributed by atoms with van der Waals surface area (Å²) in [5.41, 5.74) is 9.03. The molecule has 57 heavy (non-hydrogen) atoms. The lowest BCUT2D eigenvalue weighted by atomic mass is 10.1. The zero-order chi connectivity index (χ0) is 38.9. The van der Waals surface area contributed by atoms with E-state index in [1.165, 1.54) is 11.3 Å². The summed E-state index contributed by atoms with van der Waals surface area (Å²) in [5.74, 6) is 0.201. The van der Waals surface area contributed by atoms with Crippen LogP contribution in [0.5, 0.6) is 11.5 Å². The van der Waals surface area contributed by atoms with E-state index in [4.69, 9.17) is 9.47 Å². The van der Waals surface area contributed by atoms with Crippen LogP contribution in [0.4, 0.5) is 27.9 Å². The van der Waals surface area contributed by atoms with Gasteiger partial charge in [0.25, 0.3) is 5.91 Å². The predicted octanol–water partition coefficient (Wildman–Crippen LogP) is 8.25. The first-order valence-corrected chi connectivity index (χ1v) is 19.7. The van der Waals surface area contributed by atoms with Crippen LogP contribution in [-0.2, 0) is 12.8 Å². The number of aliphatic hydroxyl groups is 1. The number of aromatic amines is 2. The Morgan fingerprint density at radius 2 is 1.54 bits per heavy atom. The van der Waals surface area contributed by atoms with E-state index in [0.29, 0.717) is 59.5 Å². The summed E-state index contributed by atoms with van der Waals surface area (Å²) in [7, 11) is 3.26. The van der Waals surface area contributed by atoms with E-state index in [0.717, 1.165) is 86.1 Å². The Balaban J connectivity index is 0.882. The number of aromatic carboxylic acids is 1. The average molecular weight is 783 g/mol. The molecular formula is C42H38N8O6S. The highest BCUT2D eigenvalue weighted by Crippen LogP contribution is 2.43. The smallest absolute Gasteiger partial charge is 0.352 e. The van der Waals surface area contributed by atoms with E-state index in [2.05, 4.69) is 30.1 Å². The number of H-pyrrole nitrogens is 2. The number of nitrogens with zero attached hydrogens (tertiary/aromatic N) is 6. The number of ether oxygens (including phenoxy) is 2. The standard InChI is InChI=1S/C42H38N8O6S/c1-55-36-21-35(48-13-3-4-14-48)37(56-2)20-30(36)46-47-42-45-29-6-5-22(17-38(29)57-42)39(51)49-15-11-23-25-18-31(43-27(25)7-9-33(23)49)40(52)50-16-12-24-26-19-32(41(53)54)44-28(26)8-10-34(24)50/h5-10,17-21,40,43-44,52H,3-4,11-16H2,1-2H3,(H,53,54)/b47-46+. The van der Waals surface area contributed by atoms with Gasteiger partial charge < -0.3 is 44.4 Å². The highest BCUT2D eigenvalue weighted by Gasteiger charge is 2.32. The first-order valence-electron chi connectivity index (χ1n) is 18.9. The summed E-state index contributed by atoms with van der Waals surface area (Å²) in [6.07, 6.45) is 2.71. The molecule has 7 aromatic rings. The van der Waals surface area contributed by atoms with E-state index >= 15 is 0 Å². The molecular weight excluding hydrogens is 745 g/mol. The average Bonchev–Trinajstić information content (AvgIpc) is 4.08. The maximum atomic E-state index is 14.0. The number of methoxy groups -OCH3 is 2. The third kappa shape index (κ3) is 5.84. The van der Waals surface area contributed by atoms with Crippen molar-refractivity contribution in [2.75, 3.05) is 55.1 Å². The lowest BCUT2D eigenvalue weighted by molar-refractivity contribution is 0.0691. The number of carbonyl (C=O) groups excluding carboxylic acids is 1. The predicted molar refractivity (Wildman–Crippen MR) is 220 cm³/mol. The van der Waals surface area contributed by atoms with E-state index in [-0.39, 0.29) is 11.6 Å². The highest BCUT2D eigenvalue weighted by atomic mass is 32.1. The Hall–Kier alpha value is -6.45. The van der Waals surface area contributed by atoms with Crippen molar-refractivity contribution in [1.29, 1.82) is 0 Å². The largest absolute Gasteiger partial charge is 0.494 e. The molecule has 1 saturated heterocycles. The number of aromatic nitrogens is 3. The number of carbonyl (C=O) groups is 2. The minimum Gasteiger partial charge on any atom is -0.494 e. The van der Waals surface area contributed by atoms with E-state index in [1.54, 1.807) is 26.4 Å². The molecule has 3 aliphatic heterocycles. The SMILES string of the molecule is COc1cc(N2CCCC2)c(OC)cc1/N=N/c1nc2ccc(C(=O)N3CCc4c3ccc3[nH]c(C(O)N5CCc6c5ccc5[nH]c(C(=O)O)cc65)cc43)cc2s1. The van der Waals surface area contributed by atoms with Crippen LogP contribution in [0.1, 0.15) is 56.7 Å². The zero-order valence-electron chi connectivity index (χ0n) is 31.2. The van der Waals surface area contributed by atoms with Crippen molar-refractivity contribution < 1.29 is 29.3 Å². The van der Waals surface area contributed by atoms with Gasteiger partial charge >= 0.3 is 5.97 Å². The number of thiazole rings is 1. The summed E-state index contributed by atoms with van der Waals surface area (Å²) >= 11 is 1.36. The second kappa shape index (κ2) is 13.6. The molecule has 0 spiro atoms. The maximum Gasteiger partial charge on any atom is 0.352 e. The van der Waals surface area contributed by atoms with Crippen molar-refractivity contribution in [3.8, 4) is 11.5 Å². The van der Waals surface area contributed by atoms with Crippen LogP contribution in [0, 0.1) is 0 Å². The second-order valence-electron chi connectivity index (χ2n) is 14.6. The molecule has 0 saturated carbocycles. The molecule has 15 heteroatoms. The van der Waals surface area contributed by atoms with Gasteiger partial charge in [-0.15, -0.1) is 10.2 Å². The molecule has 0 radical (unpaired) electrons. The lowest BCUT2D eigenvalue weighted by Gasteiger charge is -2.25. The Bertz CT molecular complexity index is 2800. The van der Waals surface area contributed by atoms with Crippen LogP contribution in [0.15, 0.2) is 77.0 Å². The molecule has 4 aromatic carbocycles. The van der Waals surface area contributed by atoms with E-state index in [9.17, 15) is 19.8 Å². The molecule has 6 heterocycles. The molecule has 0 bridgehead atoms. The van der Waals surface area contributed by atoms with E-state index in [1.807, 2.05) is 64.4 Å². The number of rotatable bonds is 9. The van der Waals surface area contributed by atoms with Gasteiger partial charge in [0.2, 0.25) is 5.13 Å². The van der Waals surface area contributed by atoms with Gasteiger partial charge in [-0.05, 0) is 91.4 Å². The Morgan fingerprint density at radius 3 is 2.33 bits per heavy atom. The van der Waals surface area contributed by atoms with Gasteiger partial charge in [0.15, 0.2) is 6.23 Å². The quantitative estimate of drug-likeness (QED) is 0.105. The monoisotopic (exact) mass is 782 g/mol.